The number of hydrogen-bond acceptors (Lipinski definition) is 1. The van der Waals surface area contributed by atoms with E-state index in [2.05, 4.69) is 25.8 Å². The van der Waals surface area contributed by atoms with Crippen LogP contribution in [0.1, 0.15) is 47.0 Å². The predicted octanol–water partition coefficient (Wildman–Crippen LogP) is 3.15. The van der Waals surface area contributed by atoms with Gasteiger partial charge in [-0.25, -0.2) is 0 Å². The highest BCUT2D eigenvalue weighted by atomic mass is 15.1. The van der Waals surface area contributed by atoms with Crippen LogP contribution in [0.15, 0.2) is 0 Å². The summed E-state index contributed by atoms with van der Waals surface area (Å²) in [7, 11) is 2.23. The summed E-state index contributed by atoms with van der Waals surface area (Å²) in [5, 5.41) is 0. The first kappa shape index (κ1) is 12.0. The van der Waals surface area contributed by atoms with Gasteiger partial charge in [0.15, 0.2) is 0 Å². The average Bonchev–Trinajstić information content (AvgIpc) is 2.00. The van der Waals surface area contributed by atoms with Crippen LogP contribution in [0.4, 0.5) is 0 Å². The zero-order valence-electron chi connectivity index (χ0n) is 9.43. The average molecular weight is 171 g/mol. The van der Waals surface area contributed by atoms with Crippen LogP contribution >= 0.6 is 0 Å². The molecule has 0 N–H and O–H groups in total. The molecule has 0 unspecified atom stereocenters. The summed E-state index contributed by atoms with van der Waals surface area (Å²) in [4.78, 5) is 2.45. The Bertz CT molecular complexity index is 95.2. The second-order valence-electron chi connectivity index (χ2n) is 3.83. The molecule has 0 spiro atoms. The fraction of sp³-hybridized carbons (Fsp3) is 1.00. The van der Waals surface area contributed by atoms with Gasteiger partial charge < -0.3 is 4.90 Å². The molecule has 0 bridgehead atoms. The predicted molar refractivity (Wildman–Crippen MR) is 56.5 cm³/mol. The van der Waals surface area contributed by atoms with Gasteiger partial charge in [-0.15, -0.1) is 0 Å². The molecule has 0 aromatic rings. The van der Waals surface area contributed by atoms with E-state index in [-0.39, 0.29) is 0 Å². The third kappa shape index (κ3) is 4.10. The summed E-state index contributed by atoms with van der Waals surface area (Å²) in [6.45, 7) is 9.84. The van der Waals surface area contributed by atoms with Gasteiger partial charge in [-0.2, -0.15) is 0 Å². The Morgan fingerprint density at radius 3 is 2.00 bits per heavy atom. The van der Waals surface area contributed by atoms with Crippen molar-refractivity contribution in [3.05, 3.63) is 0 Å². The highest BCUT2D eigenvalue weighted by Gasteiger charge is 2.19. The van der Waals surface area contributed by atoms with E-state index in [1.807, 2.05) is 13.8 Å². The fourth-order valence-electron chi connectivity index (χ4n) is 1.29. The maximum atomic E-state index is 2.45. The van der Waals surface area contributed by atoms with Crippen LogP contribution in [0.2, 0.25) is 0 Å². The van der Waals surface area contributed by atoms with Crippen molar-refractivity contribution in [3.63, 3.8) is 0 Å². The molecule has 0 atom stereocenters. The Morgan fingerprint density at radius 1 is 1.25 bits per heavy atom. The molecule has 0 amide bonds. The van der Waals surface area contributed by atoms with Gasteiger partial charge in [-0.05, 0) is 39.7 Å². The first-order valence-corrected chi connectivity index (χ1v) is 5.40. The molecule has 0 aromatic heterocycles. The van der Waals surface area contributed by atoms with E-state index in [1.165, 1.54) is 25.8 Å². The monoisotopic (exact) mass is 171 g/mol. The second-order valence-corrected chi connectivity index (χ2v) is 3.83. The molecule has 1 aliphatic rings. The lowest BCUT2D eigenvalue weighted by Gasteiger charge is -2.32. The van der Waals surface area contributed by atoms with Crippen LogP contribution in [-0.2, 0) is 0 Å². The molecular weight excluding hydrogens is 146 g/mol. The lowest BCUT2D eigenvalue weighted by Crippen LogP contribution is -2.34. The molecule has 0 heterocycles. The Kier molecular flexibility index (Phi) is 6.45. The molecule has 1 heteroatoms. The zero-order valence-corrected chi connectivity index (χ0v) is 9.43. The highest BCUT2D eigenvalue weighted by Crippen LogP contribution is 2.26. The van der Waals surface area contributed by atoms with Gasteiger partial charge >= 0.3 is 0 Å². The largest absolute Gasteiger partial charge is 0.304 e. The third-order valence-corrected chi connectivity index (χ3v) is 2.65. The quantitative estimate of drug-likeness (QED) is 0.630. The molecule has 74 valence electrons. The minimum Gasteiger partial charge on any atom is -0.304 e. The lowest BCUT2D eigenvalue weighted by molar-refractivity contribution is 0.177. The summed E-state index contributed by atoms with van der Waals surface area (Å²) >= 11 is 0. The zero-order chi connectivity index (χ0) is 9.56. The maximum absolute atomic E-state index is 2.45. The van der Waals surface area contributed by atoms with Gasteiger partial charge in [0.05, 0.1) is 0 Å². The van der Waals surface area contributed by atoms with Crippen LogP contribution in [0.25, 0.3) is 0 Å². The van der Waals surface area contributed by atoms with E-state index in [0.717, 1.165) is 12.0 Å². The van der Waals surface area contributed by atoms with E-state index in [9.17, 15) is 0 Å². The van der Waals surface area contributed by atoms with Crippen molar-refractivity contribution in [2.45, 2.75) is 53.0 Å². The van der Waals surface area contributed by atoms with Gasteiger partial charge in [0, 0.05) is 12.6 Å². The molecule has 1 fully saturated rings. The molecule has 0 aliphatic heterocycles. The molecule has 1 rings (SSSR count). The van der Waals surface area contributed by atoms with Crippen LogP contribution in [0, 0.1) is 5.92 Å². The van der Waals surface area contributed by atoms with Crippen molar-refractivity contribution in [2.24, 2.45) is 5.92 Å². The number of nitrogens with zero attached hydrogens (tertiary/aromatic N) is 1. The van der Waals surface area contributed by atoms with E-state index in [4.69, 9.17) is 0 Å². The summed E-state index contributed by atoms with van der Waals surface area (Å²) in [5.41, 5.74) is 0. The fourth-order valence-corrected chi connectivity index (χ4v) is 1.29. The molecule has 12 heavy (non-hydrogen) atoms. The van der Waals surface area contributed by atoms with Gasteiger partial charge in [0.1, 0.15) is 0 Å². The minimum absolute atomic E-state index is 0.723. The summed E-state index contributed by atoms with van der Waals surface area (Å²) in [5.74, 6) is 1.02. The van der Waals surface area contributed by atoms with Crippen LogP contribution in [0.5, 0.6) is 0 Å². The van der Waals surface area contributed by atoms with Crippen molar-refractivity contribution < 1.29 is 0 Å². The Labute approximate surface area is 78.1 Å². The van der Waals surface area contributed by atoms with Crippen LogP contribution in [-0.4, -0.2) is 24.5 Å². The van der Waals surface area contributed by atoms with Gasteiger partial charge in [0.25, 0.3) is 0 Å². The molecule has 0 aromatic carbocycles. The smallest absolute Gasteiger partial charge is 0.00356 e. The SMILES string of the molecule is CC.CC(C)N(C)CC1CCC1. The number of hydrogen-bond donors (Lipinski definition) is 0. The number of rotatable bonds is 3. The Morgan fingerprint density at radius 2 is 1.75 bits per heavy atom. The lowest BCUT2D eigenvalue weighted by atomic mass is 9.85. The highest BCUT2D eigenvalue weighted by molar-refractivity contribution is 4.73. The van der Waals surface area contributed by atoms with Crippen LogP contribution in [0.3, 0.4) is 0 Å². The second kappa shape index (κ2) is 6.47. The van der Waals surface area contributed by atoms with E-state index in [1.54, 1.807) is 0 Å². The van der Waals surface area contributed by atoms with Gasteiger partial charge in [-0.1, -0.05) is 20.3 Å². The first-order chi connectivity index (χ1) is 5.70. The van der Waals surface area contributed by atoms with Crippen molar-refractivity contribution in [3.8, 4) is 0 Å². The molecule has 0 saturated heterocycles. The van der Waals surface area contributed by atoms with Gasteiger partial charge in [-0.3, -0.25) is 0 Å². The van der Waals surface area contributed by atoms with Crippen molar-refractivity contribution in [1.82, 2.24) is 4.90 Å². The van der Waals surface area contributed by atoms with Crippen molar-refractivity contribution in [2.75, 3.05) is 13.6 Å². The van der Waals surface area contributed by atoms with Crippen molar-refractivity contribution in [1.29, 1.82) is 0 Å². The summed E-state index contributed by atoms with van der Waals surface area (Å²) in [6, 6.07) is 0.723. The summed E-state index contributed by atoms with van der Waals surface area (Å²) < 4.78 is 0. The normalized spacial score (nSPS) is 17.2. The Hall–Kier alpha value is -0.0400. The third-order valence-electron chi connectivity index (χ3n) is 2.65. The van der Waals surface area contributed by atoms with Crippen LogP contribution < -0.4 is 0 Å². The van der Waals surface area contributed by atoms with E-state index < -0.39 is 0 Å². The molecule has 1 saturated carbocycles. The van der Waals surface area contributed by atoms with Gasteiger partial charge in [0.2, 0.25) is 0 Å². The summed E-state index contributed by atoms with van der Waals surface area (Å²) in [6.07, 6.45) is 4.41. The molecule has 0 radical (unpaired) electrons. The minimum atomic E-state index is 0.723. The van der Waals surface area contributed by atoms with E-state index >= 15 is 0 Å². The topological polar surface area (TPSA) is 3.24 Å². The molecule has 1 nitrogen and oxygen atoms in total. The maximum Gasteiger partial charge on any atom is 0.00356 e. The standard InChI is InChI=1S/C9H19N.C2H6/c1-8(2)10(3)7-9-5-4-6-9;1-2/h8-9H,4-7H2,1-3H3;1-2H3. The Balaban J connectivity index is 0.000000561. The molecular formula is C11H25N. The molecule has 1 aliphatic carbocycles. The first-order valence-electron chi connectivity index (χ1n) is 5.40. The van der Waals surface area contributed by atoms with E-state index in [0.29, 0.717) is 0 Å². The van der Waals surface area contributed by atoms with Crippen molar-refractivity contribution >= 4 is 0 Å².